The quantitative estimate of drug-likeness (QED) is 0.408. The number of hydrogen-bond acceptors (Lipinski definition) is 2. The molecule has 0 aliphatic rings. The van der Waals surface area contributed by atoms with Crippen LogP contribution in [0.3, 0.4) is 0 Å². The fraction of sp³-hybridized carbons (Fsp3) is 0. The molecule has 3 N–H and O–H groups in total. The third-order valence-corrected chi connectivity index (χ3v) is 3.87. The van der Waals surface area contributed by atoms with E-state index in [9.17, 15) is 0 Å². The molecule has 2 nitrogen and oxygen atoms in total. The number of nitrogens with two attached hydrogens (primary N) is 1. The smallest absolute Gasteiger partial charge is 0.0782 e. The lowest BCUT2D eigenvalue weighted by Crippen LogP contribution is -2.08. The van der Waals surface area contributed by atoms with E-state index in [4.69, 9.17) is 5.84 Å². The average Bonchev–Trinajstić information content (AvgIpc) is 1.99. The highest BCUT2D eigenvalue weighted by atomic mass is 79.9. The third-order valence-electron chi connectivity index (χ3n) is 1.19. The van der Waals surface area contributed by atoms with Crippen molar-refractivity contribution >= 4 is 70.5 Å². The van der Waals surface area contributed by atoms with E-state index in [0.717, 1.165) is 19.1 Å². The van der Waals surface area contributed by atoms with Crippen LogP contribution in [-0.2, 0) is 0 Å². The lowest BCUT2D eigenvalue weighted by molar-refractivity contribution is 1.32. The number of rotatable bonds is 1. The van der Waals surface area contributed by atoms with E-state index in [1.54, 1.807) is 0 Å². The number of halogens is 4. The van der Waals surface area contributed by atoms with Crippen LogP contribution < -0.4 is 11.3 Å². The van der Waals surface area contributed by atoms with Gasteiger partial charge in [0.25, 0.3) is 0 Å². The second-order valence-corrected chi connectivity index (χ2v) is 4.36. The molecule has 68 valence electrons. The summed E-state index contributed by atoms with van der Waals surface area (Å²) in [6, 6.07) is 3.83. The second kappa shape index (κ2) is 5.59. The van der Waals surface area contributed by atoms with Crippen molar-refractivity contribution in [2.75, 3.05) is 5.43 Å². The minimum atomic E-state index is 0. The highest BCUT2D eigenvalue weighted by molar-refractivity contribution is 9.13. The Morgan fingerprint density at radius 1 is 1.08 bits per heavy atom. The van der Waals surface area contributed by atoms with E-state index in [1.165, 1.54) is 0 Å². The van der Waals surface area contributed by atoms with Gasteiger partial charge in [-0.25, -0.2) is 0 Å². The SMILES string of the molecule is Br.NNc1c(Br)ccc(Br)c1Br. The van der Waals surface area contributed by atoms with Gasteiger partial charge in [0.15, 0.2) is 0 Å². The summed E-state index contributed by atoms with van der Waals surface area (Å²) < 4.78 is 2.80. The summed E-state index contributed by atoms with van der Waals surface area (Å²) in [5.74, 6) is 5.29. The molecule has 1 rings (SSSR count). The van der Waals surface area contributed by atoms with E-state index < -0.39 is 0 Å². The molecule has 0 spiro atoms. The summed E-state index contributed by atoms with van der Waals surface area (Å²) in [5, 5.41) is 0. The molecule has 0 aliphatic carbocycles. The second-order valence-electron chi connectivity index (χ2n) is 1.86. The van der Waals surface area contributed by atoms with Gasteiger partial charge in [-0.3, -0.25) is 5.84 Å². The minimum Gasteiger partial charge on any atom is -0.322 e. The number of hydrogen-bond donors (Lipinski definition) is 2. The van der Waals surface area contributed by atoms with Crippen LogP contribution in [0.5, 0.6) is 0 Å². The number of benzene rings is 1. The van der Waals surface area contributed by atoms with Crippen LogP contribution in [0.4, 0.5) is 5.69 Å². The van der Waals surface area contributed by atoms with Gasteiger partial charge in [-0.05, 0) is 59.9 Å². The molecule has 6 heteroatoms. The molecule has 12 heavy (non-hydrogen) atoms. The van der Waals surface area contributed by atoms with E-state index in [2.05, 4.69) is 53.2 Å². The molecule has 0 saturated heterocycles. The summed E-state index contributed by atoms with van der Waals surface area (Å²) in [7, 11) is 0. The highest BCUT2D eigenvalue weighted by Gasteiger charge is 2.05. The van der Waals surface area contributed by atoms with Crippen molar-refractivity contribution in [3.63, 3.8) is 0 Å². The molecule has 0 fully saturated rings. The van der Waals surface area contributed by atoms with E-state index in [-0.39, 0.29) is 17.0 Å². The summed E-state index contributed by atoms with van der Waals surface area (Å²) in [5.41, 5.74) is 3.41. The summed E-state index contributed by atoms with van der Waals surface area (Å²) in [4.78, 5) is 0. The molecule has 0 aliphatic heterocycles. The first-order valence-corrected chi connectivity index (χ1v) is 5.15. The first-order valence-electron chi connectivity index (χ1n) is 2.77. The van der Waals surface area contributed by atoms with Crippen molar-refractivity contribution in [3.8, 4) is 0 Å². The topological polar surface area (TPSA) is 38.0 Å². The Kier molecular flexibility index (Phi) is 6.01. The van der Waals surface area contributed by atoms with Gasteiger partial charge >= 0.3 is 0 Å². The summed E-state index contributed by atoms with van der Waals surface area (Å²) in [6.07, 6.45) is 0. The Morgan fingerprint density at radius 3 is 2.00 bits per heavy atom. The van der Waals surface area contributed by atoms with Gasteiger partial charge in [0, 0.05) is 8.95 Å². The Morgan fingerprint density at radius 2 is 1.58 bits per heavy atom. The van der Waals surface area contributed by atoms with Crippen LogP contribution >= 0.6 is 64.8 Å². The van der Waals surface area contributed by atoms with Crippen LogP contribution in [0.25, 0.3) is 0 Å². The molecule has 0 atom stereocenters. The standard InChI is InChI=1S/C6H5Br3N2.BrH/c7-3-1-2-4(8)6(11-10)5(3)9;/h1-2,11H,10H2;1H. The first-order chi connectivity index (χ1) is 5.16. The zero-order chi connectivity index (χ0) is 8.43. The maximum absolute atomic E-state index is 5.29. The molecule has 0 amide bonds. The molecule has 0 saturated carbocycles. The largest absolute Gasteiger partial charge is 0.322 e. The Bertz CT molecular complexity index is 276. The number of anilines is 1. The van der Waals surface area contributed by atoms with Gasteiger partial charge < -0.3 is 5.43 Å². The van der Waals surface area contributed by atoms with Crippen molar-refractivity contribution < 1.29 is 0 Å². The van der Waals surface area contributed by atoms with Crippen LogP contribution in [-0.4, -0.2) is 0 Å². The van der Waals surface area contributed by atoms with Gasteiger partial charge in [-0.15, -0.1) is 17.0 Å². The fourth-order valence-electron chi connectivity index (χ4n) is 0.659. The zero-order valence-corrected chi connectivity index (χ0v) is 12.2. The van der Waals surface area contributed by atoms with Crippen LogP contribution in [0, 0.1) is 0 Å². The fourth-order valence-corrected chi connectivity index (χ4v) is 2.16. The van der Waals surface area contributed by atoms with Crippen molar-refractivity contribution in [3.05, 3.63) is 25.6 Å². The van der Waals surface area contributed by atoms with Crippen molar-refractivity contribution in [1.82, 2.24) is 0 Å². The van der Waals surface area contributed by atoms with Crippen molar-refractivity contribution in [2.45, 2.75) is 0 Å². The Hall–Kier alpha value is 0.900. The van der Waals surface area contributed by atoms with Gasteiger partial charge in [0.1, 0.15) is 0 Å². The molecule has 0 unspecified atom stereocenters. The monoisotopic (exact) mass is 422 g/mol. The molecule has 1 aromatic rings. The van der Waals surface area contributed by atoms with Gasteiger partial charge in [0.05, 0.1) is 10.2 Å². The predicted molar refractivity (Wildman–Crippen MR) is 67.7 cm³/mol. The average molecular weight is 426 g/mol. The van der Waals surface area contributed by atoms with Crippen LogP contribution in [0.15, 0.2) is 25.6 Å². The first kappa shape index (κ1) is 12.9. The lowest BCUT2D eigenvalue weighted by atomic mass is 10.3. The molecule has 0 aromatic heterocycles. The highest BCUT2D eigenvalue weighted by Crippen LogP contribution is 2.35. The van der Waals surface area contributed by atoms with Gasteiger partial charge in [-0.1, -0.05) is 0 Å². The molecule has 0 radical (unpaired) electrons. The zero-order valence-electron chi connectivity index (χ0n) is 5.77. The maximum Gasteiger partial charge on any atom is 0.0782 e. The normalized spacial score (nSPS) is 9.00. The van der Waals surface area contributed by atoms with Crippen LogP contribution in [0.2, 0.25) is 0 Å². The molecular formula is C6H6Br4N2. The Labute approximate surface area is 106 Å². The molecular weight excluding hydrogens is 420 g/mol. The number of nitrogens with one attached hydrogen (secondary N) is 1. The van der Waals surface area contributed by atoms with E-state index in [1.807, 2.05) is 12.1 Å². The number of nitrogen functional groups attached to an aromatic ring is 1. The van der Waals surface area contributed by atoms with Crippen LogP contribution in [0.1, 0.15) is 0 Å². The molecule has 0 bridgehead atoms. The minimum absolute atomic E-state index is 0. The Balaban J connectivity index is 0.00000121. The number of hydrazine groups is 1. The van der Waals surface area contributed by atoms with E-state index in [0.29, 0.717) is 0 Å². The molecule has 1 aromatic carbocycles. The maximum atomic E-state index is 5.29. The third kappa shape index (κ3) is 2.70. The summed E-state index contributed by atoms with van der Waals surface area (Å²) >= 11 is 10.1. The summed E-state index contributed by atoms with van der Waals surface area (Å²) in [6.45, 7) is 0. The van der Waals surface area contributed by atoms with Crippen molar-refractivity contribution in [1.29, 1.82) is 0 Å². The van der Waals surface area contributed by atoms with Gasteiger partial charge in [-0.2, -0.15) is 0 Å². The lowest BCUT2D eigenvalue weighted by Gasteiger charge is -2.06. The predicted octanol–water partition coefficient (Wildman–Crippen LogP) is 3.84. The van der Waals surface area contributed by atoms with E-state index >= 15 is 0 Å². The van der Waals surface area contributed by atoms with Crippen molar-refractivity contribution in [2.24, 2.45) is 5.84 Å². The molecule has 0 heterocycles. The van der Waals surface area contributed by atoms with Gasteiger partial charge in [0.2, 0.25) is 0 Å².